The van der Waals surface area contributed by atoms with Crippen molar-refractivity contribution in [3.63, 3.8) is 0 Å². The Kier molecular flexibility index (Phi) is 4.11. The van der Waals surface area contributed by atoms with Gasteiger partial charge in [-0.1, -0.05) is 27.8 Å². The third kappa shape index (κ3) is 2.83. The Balaban J connectivity index is 2.95. The van der Waals surface area contributed by atoms with Crippen LogP contribution in [0.25, 0.3) is 0 Å². The molecule has 72 valence electrons. The quantitative estimate of drug-likeness (QED) is 0.251. The van der Waals surface area contributed by atoms with Gasteiger partial charge in [-0.3, -0.25) is 15.2 Å². The molecule has 0 atom stereocenters. The first-order valence-corrected chi connectivity index (χ1v) is 4.91. The number of nitrogen functional groups attached to an aromatic ring is 1. The highest BCUT2D eigenvalue weighted by atomic mass is 79.9. The average molecular weight is 254 g/mol. The third-order valence-electron chi connectivity index (χ3n) is 1.43. The van der Waals surface area contributed by atoms with E-state index in [0.717, 1.165) is 0 Å². The Morgan fingerprint density at radius 3 is 3.07 bits per heavy atom. The number of nitrogens with one attached hydrogen (secondary N) is 1. The van der Waals surface area contributed by atoms with Gasteiger partial charge >= 0.3 is 0 Å². The zero-order valence-corrected chi connectivity index (χ0v) is 8.84. The number of nitrogens with two attached hydrogens (primary N) is 1. The molecule has 0 unspecified atom stereocenters. The van der Waals surface area contributed by atoms with Gasteiger partial charge in [-0.25, -0.2) is 5.84 Å². The summed E-state index contributed by atoms with van der Waals surface area (Å²) >= 11 is 3.17. The zero-order valence-electron chi connectivity index (χ0n) is 7.25. The fourth-order valence-corrected chi connectivity index (χ4v) is 0.991. The number of amides is 1. The Hall–Kier alpha value is -1.38. The van der Waals surface area contributed by atoms with Crippen LogP contribution >= 0.6 is 15.9 Å². The molecule has 1 rings (SSSR count). The van der Waals surface area contributed by atoms with Crippen molar-refractivity contribution in [2.45, 2.75) is 0 Å². The second-order valence-corrected chi connectivity index (χ2v) is 2.93. The number of pyridine rings is 1. The van der Waals surface area contributed by atoms with Crippen LogP contribution in [0.1, 0.15) is 15.9 Å². The maximum absolute atomic E-state index is 11.1. The lowest BCUT2D eigenvalue weighted by Crippen LogP contribution is -2.30. The predicted molar refractivity (Wildman–Crippen MR) is 56.6 cm³/mol. The first-order valence-electron chi connectivity index (χ1n) is 3.78. The molecule has 0 aliphatic carbocycles. The van der Waals surface area contributed by atoms with Gasteiger partial charge in [0.15, 0.2) is 0 Å². The summed E-state index contributed by atoms with van der Waals surface area (Å²) in [5.41, 5.74) is 3.11. The fraction of sp³-hybridized carbons (Fsp3) is 0.111. The van der Waals surface area contributed by atoms with Gasteiger partial charge in [-0.15, -0.1) is 0 Å². The van der Waals surface area contributed by atoms with Crippen LogP contribution < -0.4 is 11.3 Å². The number of hydrogen-bond acceptors (Lipinski definition) is 3. The summed E-state index contributed by atoms with van der Waals surface area (Å²) in [4.78, 5) is 15.0. The molecule has 14 heavy (non-hydrogen) atoms. The smallest absolute Gasteiger partial charge is 0.266 e. The first-order chi connectivity index (χ1) is 6.77. The monoisotopic (exact) mass is 253 g/mol. The minimum atomic E-state index is -0.375. The van der Waals surface area contributed by atoms with Crippen molar-refractivity contribution in [3.05, 3.63) is 29.6 Å². The van der Waals surface area contributed by atoms with Gasteiger partial charge in [0.05, 0.1) is 10.9 Å². The van der Waals surface area contributed by atoms with E-state index in [1.807, 2.05) is 5.43 Å². The van der Waals surface area contributed by atoms with Gasteiger partial charge in [0, 0.05) is 18.0 Å². The summed E-state index contributed by atoms with van der Waals surface area (Å²) in [6.07, 6.45) is 3.02. The van der Waals surface area contributed by atoms with Gasteiger partial charge in [-0.05, 0) is 6.07 Å². The summed E-state index contributed by atoms with van der Waals surface area (Å²) in [6, 6.07) is 1.63. The molecule has 0 bridgehead atoms. The summed E-state index contributed by atoms with van der Waals surface area (Å²) < 4.78 is 0. The van der Waals surface area contributed by atoms with Crippen LogP contribution in [-0.4, -0.2) is 16.2 Å². The molecule has 0 aromatic carbocycles. The number of alkyl halides is 1. The molecule has 3 N–H and O–H groups in total. The van der Waals surface area contributed by atoms with E-state index in [2.05, 4.69) is 32.8 Å². The molecule has 1 aromatic heterocycles. The molecule has 0 aliphatic heterocycles. The van der Waals surface area contributed by atoms with E-state index in [1.165, 1.54) is 6.20 Å². The second-order valence-electron chi connectivity index (χ2n) is 2.37. The molecular weight excluding hydrogens is 246 g/mol. The van der Waals surface area contributed by atoms with Crippen molar-refractivity contribution >= 4 is 21.8 Å². The lowest BCUT2D eigenvalue weighted by atomic mass is 10.2. The van der Waals surface area contributed by atoms with Crippen LogP contribution in [0.2, 0.25) is 0 Å². The number of rotatable bonds is 1. The van der Waals surface area contributed by atoms with E-state index in [-0.39, 0.29) is 5.91 Å². The third-order valence-corrected chi connectivity index (χ3v) is 1.71. The van der Waals surface area contributed by atoms with Crippen molar-refractivity contribution in [2.75, 3.05) is 5.33 Å². The molecule has 1 amide bonds. The van der Waals surface area contributed by atoms with E-state index < -0.39 is 0 Å². The van der Waals surface area contributed by atoms with Crippen molar-refractivity contribution in [2.24, 2.45) is 5.84 Å². The molecule has 0 radical (unpaired) electrons. The normalized spacial score (nSPS) is 8.71. The molecule has 0 spiro atoms. The highest BCUT2D eigenvalue weighted by Gasteiger charge is 2.03. The van der Waals surface area contributed by atoms with Crippen molar-refractivity contribution in [1.82, 2.24) is 10.4 Å². The maximum atomic E-state index is 11.1. The lowest BCUT2D eigenvalue weighted by Gasteiger charge is -1.98. The van der Waals surface area contributed by atoms with Crippen LogP contribution in [0.3, 0.4) is 0 Å². The van der Waals surface area contributed by atoms with E-state index >= 15 is 0 Å². The number of hydrogen-bond donors (Lipinski definition) is 2. The molecular formula is C9H8BrN3O. The van der Waals surface area contributed by atoms with Gasteiger partial charge in [-0.2, -0.15) is 0 Å². The Labute approximate surface area is 90.0 Å². The predicted octanol–water partition coefficient (Wildman–Crippen LogP) is 0.431. The Morgan fingerprint density at radius 1 is 1.64 bits per heavy atom. The number of halogens is 1. The largest absolute Gasteiger partial charge is 0.290 e. The van der Waals surface area contributed by atoms with E-state index in [0.29, 0.717) is 16.5 Å². The lowest BCUT2D eigenvalue weighted by molar-refractivity contribution is 0.0953. The van der Waals surface area contributed by atoms with Crippen LogP contribution in [-0.2, 0) is 0 Å². The minimum absolute atomic E-state index is 0.375. The summed E-state index contributed by atoms with van der Waals surface area (Å²) in [5.74, 6) is 10.3. The first kappa shape index (κ1) is 10.7. The van der Waals surface area contributed by atoms with Gasteiger partial charge < -0.3 is 0 Å². The standard InChI is InChI=1S/C9H8BrN3O/c10-3-1-2-7-4-8(6-12-5-7)9(14)13-11/h4-6H,3,11H2,(H,13,14). The van der Waals surface area contributed by atoms with E-state index in [4.69, 9.17) is 5.84 Å². The molecule has 5 heteroatoms. The summed E-state index contributed by atoms with van der Waals surface area (Å²) in [5, 5.41) is 0.584. The molecule has 0 fully saturated rings. The summed E-state index contributed by atoms with van der Waals surface area (Å²) in [6.45, 7) is 0. The molecule has 0 saturated carbocycles. The fourth-order valence-electron chi connectivity index (χ4n) is 0.851. The van der Waals surface area contributed by atoms with Crippen molar-refractivity contribution in [1.29, 1.82) is 0 Å². The number of hydrazine groups is 1. The topological polar surface area (TPSA) is 68.0 Å². The number of nitrogens with zero attached hydrogens (tertiary/aromatic N) is 1. The number of carbonyl (C=O) groups is 1. The number of carbonyl (C=O) groups excluding carboxylic acids is 1. The van der Waals surface area contributed by atoms with Crippen LogP contribution in [0.4, 0.5) is 0 Å². The molecule has 1 aromatic rings. The Bertz CT molecular complexity index is 395. The van der Waals surface area contributed by atoms with Gasteiger partial charge in [0.25, 0.3) is 5.91 Å². The van der Waals surface area contributed by atoms with Crippen LogP contribution in [0.5, 0.6) is 0 Å². The zero-order chi connectivity index (χ0) is 10.4. The number of aromatic nitrogens is 1. The highest BCUT2D eigenvalue weighted by molar-refractivity contribution is 9.09. The van der Waals surface area contributed by atoms with Crippen LogP contribution in [0, 0.1) is 11.8 Å². The second kappa shape index (κ2) is 5.37. The SMILES string of the molecule is NNC(=O)c1cncc(C#CCBr)c1. The van der Waals surface area contributed by atoms with Crippen LogP contribution in [0.15, 0.2) is 18.5 Å². The minimum Gasteiger partial charge on any atom is -0.290 e. The molecule has 1 heterocycles. The van der Waals surface area contributed by atoms with Crippen molar-refractivity contribution in [3.8, 4) is 11.8 Å². The summed E-state index contributed by atoms with van der Waals surface area (Å²) in [7, 11) is 0. The van der Waals surface area contributed by atoms with E-state index in [9.17, 15) is 4.79 Å². The molecule has 0 saturated heterocycles. The van der Waals surface area contributed by atoms with Gasteiger partial charge in [0.1, 0.15) is 0 Å². The van der Waals surface area contributed by atoms with Crippen molar-refractivity contribution < 1.29 is 4.79 Å². The maximum Gasteiger partial charge on any atom is 0.266 e. The molecule has 0 aliphatic rings. The average Bonchev–Trinajstić information content (AvgIpc) is 2.25. The van der Waals surface area contributed by atoms with E-state index in [1.54, 1.807) is 12.3 Å². The van der Waals surface area contributed by atoms with Gasteiger partial charge in [0.2, 0.25) is 0 Å². The highest BCUT2D eigenvalue weighted by Crippen LogP contribution is 2.00. The Morgan fingerprint density at radius 2 is 2.43 bits per heavy atom. The molecule has 4 nitrogen and oxygen atoms in total.